The van der Waals surface area contributed by atoms with Crippen LogP contribution in [0.3, 0.4) is 0 Å². The number of rotatable bonds is 2. The molecule has 0 bridgehead atoms. The zero-order chi connectivity index (χ0) is 10.8. The summed E-state index contributed by atoms with van der Waals surface area (Å²) in [4.78, 5) is 17.8. The summed E-state index contributed by atoms with van der Waals surface area (Å²) in [5.41, 5.74) is -0.213. The molecule has 0 saturated carbocycles. The Morgan fingerprint density at radius 2 is 2.40 bits per heavy atom. The van der Waals surface area contributed by atoms with Crippen LogP contribution in [-0.4, -0.2) is 24.7 Å². The Kier molecular flexibility index (Phi) is 2.87. The second-order valence-corrected chi connectivity index (χ2v) is 4.43. The maximum Gasteiger partial charge on any atom is 0.266 e. The smallest absolute Gasteiger partial charge is 0.266 e. The lowest BCUT2D eigenvalue weighted by Gasteiger charge is -2.00. The minimum atomic E-state index is -0.213. The van der Waals surface area contributed by atoms with Gasteiger partial charge in [0.25, 0.3) is 5.56 Å². The SMILES string of the molecule is Cn1cnnc1Sc1nc[nH]c(=O)c1Br. The average Bonchev–Trinajstić information content (AvgIpc) is 2.60. The molecule has 0 radical (unpaired) electrons. The first kappa shape index (κ1) is 10.4. The number of hydrogen-bond acceptors (Lipinski definition) is 5. The highest BCUT2D eigenvalue weighted by atomic mass is 79.9. The molecule has 0 unspecified atom stereocenters. The lowest BCUT2D eigenvalue weighted by atomic mass is 10.7. The Morgan fingerprint density at radius 3 is 3.07 bits per heavy atom. The van der Waals surface area contributed by atoms with Crippen LogP contribution in [0.4, 0.5) is 0 Å². The lowest BCUT2D eigenvalue weighted by molar-refractivity contribution is 0.786. The molecule has 15 heavy (non-hydrogen) atoms. The Bertz CT molecular complexity index is 536. The molecule has 0 atom stereocenters. The molecule has 2 aromatic heterocycles. The van der Waals surface area contributed by atoms with Gasteiger partial charge in [-0.1, -0.05) is 0 Å². The average molecular weight is 288 g/mol. The Balaban J connectivity index is 2.37. The summed E-state index contributed by atoms with van der Waals surface area (Å²) in [6, 6.07) is 0. The van der Waals surface area contributed by atoms with Crippen LogP contribution in [0.1, 0.15) is 0 Å². The van der Waals surface area contributed by atoms with Gasteiger partial charge in [0, 0.05) is 7.05 Å². The first-order valence-electron chi connectivity index (χ1n) is 3.93. The third-order valence-corrected chi connectivity index (χ3v) is 3.68. The zero-order valence-corrected chi connectivity index (χ0v) is 10.0. The van der Waals surface area contributed by atoms with Gasteiger partial charge in [-0.15, -0.1) is 10.2 Å². The molecular formula is C7H6BrN5OS. The summed E-state index contributed by atoms with van der Waals surface area (Å²) in [5, 5.41) is 8.86. The quantitative estimate of drug-likeness (QED) is 0.828. The van der Waals surface area contributed by atoms with Gasteiger partial charge in [0.2, 0.25) is 0 Å². The summed E-state index contributed by atoms with van der Waals surface area (Å²) in [7, 11) is 1.82. The maximum atomic E-state index is 11.3. The molecule has 0 saturated heterocycles. The van der Waals surface area contributed by atoms with Gasteiger partial charge in [0.15, 0.2) is 5.16 Å². The molecule has 6 nitrogen and oxygen atoms in total. The Hall–Kier alpha value is -1.15. The molecule has 2 heterocycles. The second kappa shape index (κ2) is 4.15. The predicted octanol–water partition coefficient (Wildman–Crippen LogP) is 0.812. The van der Waals surface area contributed by atoms with Crippen LogP contribution in [0.2, 0.25) is 0 Å². The number of nitrogens with one attached hydrogen (secondary N) is 1. The largest absolute Gasteiger partial charge is 0.312 e. The normalized spacial score (nSPS) is 10.5. The number of nitrogens with zero attached hydrogens (tertiary/aromatic N) is 4. The van der Waals surface area contributed by atoms with Crippen LogP contribution < -0.4 is 5.56 Å². The van der Waals surface area contributed by atoms with Crippen molar-refractivity contribution >= 4 is 27.7 Å². The molecule has 8 heteroatoms. The van der Waals surface area contributed by atoms with Crippen LogP contribution in [0.5, 0.6) is 0 Å². The lowest BCUT2D eigenvalue weighted by Crippen LogP contribution is -2.08. The van der Waals surface area contributed by atoms with Crippen molar-refractivity contribution in [1.29, 1.82) is 0 Å². The molecule has 78 valence electrons. The summed E-state index contributed by atoms with van der Waals surface area (Å²) in [6.07, 6.45) is 2.94. The van der Waals surface area contributed by atoms with Gasteiger partial charge >= 0.3 is 0 Å². The summed E-state index contributed by atoms with van der Waals surface area (Å²) in [6.45, 7) is 0. The van der Waals surface area contributed by atoms with E-state index in [1.54, 1.807) is 10.9 Å². The third kappa shape index (κ3) is 2.10. The third-order valence-electron chi connectivity index (χ3n) is 1.62. The zero-order valence-electron chi connectivity index (χ0n) is 7.64. The highest BCUT2D eigenvalue weighted by molar-refractivity contribution is 9.10. The van der Waals surface area contributed by atoms with E-state index in [9.17, 15) is 4.79 Å². The first-order chi connectivity index (χ1) is 7.18. The standard InChI is InChI=1S/C7H6BrN5OS/c1-13-3-11-12-7(13)15-6-4(8)5(14)9-2-10-6/h2-3H,1H3,(H,9,10,14). The van der Waals surface area contributed by atoms with E-state index in [1.807, 2.05) is 7.05 Å². The van der Waals surface area contributed by atoms with Crippen molar-refractivity contribution in [3.8, 4) is 0 Å². The van der Waals surface area contributed by atoms with Crippen LogP contribution in [-0.2, 0) is 7.05 Å². The van der Waals surface area contributed by atoms with Crippen LogP contribution in [0, 0.1) is 0 Å². The molecule has 0 aliphatic carbocycles. The maximum absolute atomic E-state index is 11.3. The van der Waals surface area contributed by atoms with E-state index in [-0.39, 0.29) is 5.56 Å². The summed E-state index contributed by atoms with van der Waals surface area (Å²) < 4.78 is 2.15. The molecule has 2 aromatic rings. The first-order valence-corrected chi connectivity index (χ1v) is 5.54. The number of hydrogen-bond donors (Lipinski definition) is 1. The number of aryl methyl sites for hydroxylation is 1. The fraction of sp³-hybridized carbons (Fsp3) is 0.143. The van der Waals surface area contributed by atoms with Gasteiger partial charge < -0.3 is 9.55 Å². The number of halogens is 1. The van der Waals surface area contributed by atoms with Crippen molar-refractivity contribution in [2.75, 3.05) is 0 Å². The number of aromatic nitrogens is 5. The van der Waals surface area contributed by atoms with Gasteiger partial charge in [0.1, 0.15) is 15.8 Å². The highest BCUT2D eigenvalue weighted by Crippen LogP contribution is 2.27. The molecule has 0 aromatic carbocycles. The van der Waals surface area contributed by atoms with Crippen molar-refractivity contribution in [3.63, 3.8) is 0 Å². The van der Waals surface area contributed by atoms with Crippen molar-refractivity contribution in [2.24, 2.45) is 7.05 Å². The fourth-order valence-corrected chi connectivity index (χ4v) is 2.09. The minimum Gasteiger partial charge on any atom is -0.312 e. The van der Waals surface area contributed by atoms with E-state index >= 15 is 0 Å². The van der Waals surface area contributed by atoms with Gasteiger partial charge in [-0.25, -0.2) is 4.98 Å². The Morgan fingerprint density at radius 1 is 1.60 bits per heavy atom. The van der Waals surface area contributed by atoms with Crippen LogP contribution >= 0.6 is 27.7 Å². The molecule has 2 rings (SSSR count). The highest BCUT2D eigenvalue weighted by Gasteiger charge is 2.10. The number of H-pyrrole nitrogens is 1. The van der Waals surface area contributed by atoms with Crippen molar-refractivity contribution in [2.45, 2.75) is 10.2 Å². The van der Waals surface area contributed by atoms with Crippen molar-refractivity contribution in [1.82, 2.24) is 24.7 Å². The second-order valence-electron chi connectivity index (χ2n) is 2.68. The van der Waals surface area contributed by atoms with Gasteiger partial charge in [0.05, 0.1) is 6.33 Å². The Labute approximate surface area is 97.3 Å². The van der Waals surface area contributed by atoms with Gasteiger partial charge in [-0.2, -0.15) is 0 Å². The molecule has 0 aliphatic heterocycles. The summed E-state index contributed by atoms with van der Waals surface area (Å²) >= 11 is 4.44. The molecule has 0 amide bonds. The van der Waals surface area contributed by atoms with Gasteiger partial charge in [-0.05, 0) is 27.7 Å². The van der Waals surface area contributed by atoms with E-state index < -0.39 is 0 Å². The van der Waals surface area contributed by atoms with E-state index in [0.717, 1.165) is 0 Å². The van der Waals surface area contributed by atoms with Gasteiger partial charge in [-0.3, -0.25) is 4.79 Å². The number of aromatic amines is 1. The fourth-order valence-electron chi connectivity index (χ4n) is 0.889. The molecular weight excluding hydrogens is 282 g/mol. The van der Waals surface area contributed by atoms with Crippen LogP contribution in [0.15, 0.2) is 32.1 Å². The van der Waals surface area contributed by atoms with Crippen LogP contribution in [0.25, 0.3) is 0 Å². The predicted molar refractivity (Wildman–Crippen MR) is 57.7 cm³/mol. The van der Waals surface area contributed by atoms with Crippen molar-refractivity contribution in [3.05, 3.63) is 27.5 Å². The van der Waals surface area contributed by atoms with E-state index in [1.165, 1.54) is 18.1 Å². The topological polar surface area (TPSA) is 76.5 Å². The molecule has 1 N–H and O–H groups in total. The minimum absolute atomic E-state index is 0.213. The molecule has 0 spiro atoms. The van der Waals surface area contributed by atoms with E-state index in [2.05, 4.69) is 36.1 Å². The van der Waals surface area contributed by atoms with Crippen molar-refractivity contribution < 1.29 is 0 Å². The molecule has 0 aliphatic rings. The van der Waals surface area contributed by atoms with E-state index in [0.29, 0.717) is 14.7 Å². The van der Waals surface area contributed by atoms with E-state index in [4.69, 9.17) is 0 Å². The monoisotopic (exact) mass is 287 g/mol. The molecule has 0 fully saturated rings. The summed E-state index contributed by atoms with van der Waals surface area (Å²) in [5.74, 6) is 0.